The first-order valence-corrected chi connectivity index (χ1v) is 5.80. The Morgan fingerprint density at radius 2 is 2.18 bits per heavy atom. The van der Waals surface area contributed by atoms with E-state index < -0.39 is 0 Å². The van der Waals surface area contributed by atoms with Crippen LogP contribution in [0.1, 0.15) is 37.5 Å². The van der Waals surface area contributed by atoms with Gasteiger partial charge in [-0.25, -0.2) is 0 Å². The summed E-state index contributed by atoms with van der Waals surface area (Å²) in [6, 6.07) is 7.95. The maximum atomic E-state index is 11.5. The third-order valence-electron chi connectivity index (χ3n) is 2.69. The molecule has 17 heavy (non-hydrogen) atoms. The predicted octanol–water partition coefficient (Wildman–Crippen LogP) is 3.07. The molecule has 1 aliphatic rings. The van der Waals surface area contributed by atoms with E-state index in [1.54, 1.807) is 6.92 Å². The molecule has 0 spiro atoms. The fraction of sp³-hybridized carbons (Fsp3) is 0.357. The second kappa shape index (κ2) is 5.04. The number of fused-ring (bicyclic) bond motifs is 1. The van der Waals surface area contributed by atoms with Crippen LogP contribution >= 0.6 is 0 Å². The van der Waals surface area contributed by atoms with Crippen molar-refractivity contribution in [3.8, 4) is 0 Å². The van der Waals surface area contributed by atoms with E-state index in [2.05, 4.69) is 0 Å². The molecule has 1 atom stereocenters. The van der Waals surface area contributed by atoms with E-state index in [1.165, 1.54) is 0 Å². The molecule has 0 fully saturated rings. The molecule has 1 heterocycles. The van der Waals surface area contributed by atoms with E-state index in [-0.39, 0.29) is 18.5 Å². The highest BCUT2D eigenvalue weighted by Crippen LogP contribution is 2.33. The van der Waals surface area contributed by atoms with Gasteiger partial charge >= 0.3 is 5.97 Å². The Balaban J connectivity index is 2.20. The van der Waals surface area contributed by atoms with Gasteiger partial charge in [-0.05, 0) is 25.5 Å². The highest BCUT2D eigenvalue weighted by molar-refractivity contribution is 5.71. The number of hydrogen-bond acceptors (Lipinski definition) is 3. The minimum Gasteiger partial charge on any atom is -0.490 e. The number of ether oxygens (including phenoxy) is 2. The summed E-state index contributed by atoms with van der Waals surface area (Å²) in [4.78, 5) is 11.5. The lowest BCUT2D eigenvalue weighted by Gasteiger charge is -2.25. The standard InChI is InChI=1S/C14H16O3/c1-3-16-14(15)9-13-12-7-5-4-6-11(12)8-10(2)17-13/h4-8,13H,3,9H2,1-2H3/t13-/m0/s1. The minimum atomic E-state index is -0.227. The van der Waals surface area contributed by atoms with Crippen LogP contribution in [0, 0.1) is 0 Å². The molecule has 3 heteroatoms. The molecule has 0 amide bonds. The molecule has 0 N–H and O–H groups in total. The van der Waals surface area contributed by atoms with Crippen LogP contribution in [0.25, 0.3) is 6.08 Å². The van der Waals surface area contributed by atoms with Crippen molar-refractivity contribution in [2.75, 3.05) is 6.61 Å². The number of esters is 1. The van der Waals surface area contributed by atoms with Crippen molar-refractivity contribution in [3.05, 3.63) is 41.2 Å². The largest absolute Gasteiger partial charge is 0.490 e. The lowest BCUT2D eigenvalue weighted by Crippen LogP contribution is -2.15. The molecule has 0 radical (unpaired) electrons. The smallest absolute Gasteiger partial charge is 0.309 e. The maximum Gasteiger partial charge on any atom is 0.309 e. The zero-order chi connectivity index (χ0) is 12.3. The molecular weight excluding hydrogens is 216 g/mol. The van der Waals surface area contributed by atoms with Gasteiger partial charge < -0.3 is 9.47 Å². The Morgan fingerprint density at radius 3 is 2.94 bits per heavy atom. The molecule has 0 saturated heterocycles. The van der Waals surface area contributed by atoms with E-state index in [1.807, 2.05) is 37.3 Å². The zero-order valence-electron chi connectivity index (χ0n) is 10.1. The second-order valence-corrected chi connectivity index (χ2v) is 4.00. The summed E-state index contributed by atoms with van der Waals surface area (Å²) in [5, 5.41) is 0. The van der Waals surface area contributed by atoms with Crippen molar-refractivity contribution < 1.29 is 14.3 Å². The van der Waals surface area contributed by atoms with Crippen molar-refractivity contribution in [2.24, 2.45) is 0 Å². The first kappa shape index (κ1) is 11.7. The highest BCUT2D eigenvalue weighted by Gasteiger charge is 2.23. The highest BCUT2D eigenvalue weighted by atomic mass is 16.5. The Morgan fingerprint density at radius 1 is 1.41 bits per heavy atom. The number of carbonyl (C=O) groups excluding carboxylic acids is 1. The third-order valence-corrected chi connectivity index (χ3v) is 2.69. The molecule has 1 aromatic rings. The quantitative estimate of drug-likeness (QED) is 0.751. The van der Waals surface area contributed by atoms with Crippen molar-refractivity contribution in [1.82, 2.24) is 0 Å². The van der Waals surface area contributed by atoms with Crippen LogP contribution in [0.5, 0.6) is 0 Å². The van der Waals surface area contributed by atoms with Gasteiger partial charge in [0.1, 0.15) is 6.10 Å². The molecule has 0 bridgehead atoms. The molecule has 0 saturated carbocycles. The van der Waals surface area contributed by atoms with Gasteiger partial charge in [0.2, 0.25) is 0 Å². The molecule has 3 nitrogen and oxygen atoms in total. The van der Waals surface area contributed by atoms with E-state index in [0.717, 1.165) is 16.9 Å². The van der Waals surface area contributed by atoms with Crippen LogP contribution in [0.4, 0.5) is 0 Å². The Kier molecular flexibility index (Phi) is 3.47. The summed E-state index contributed by atoms with van der Waals surface area (Å²) < 4.78 is 10.6. The molecular formula is C14H16O3. The van der Waals surface area contributed by atoms with Gasteiger partial charge in [0.25, 0.3) is 0 Å². The van der Waals surface area contributed by atoms with Crippen LogP contribution < -0.4 is 0 Å². The second-order valence-electron chi connectivity index (χ2n) is 4.00. The molecule has 0 unspecified atom stereocenters. The van der Waals surface area contributed by atoms with Gasteiger partial charge in [-0.3, -0.25) is 4.79 Å². The fourth-order valence-corrected chi connectivity index (χ4v) is 2.00. The van der Waals surface area contributed by atoms with Crippen LogP contribution in [-0.2, 0) is 14.3 Å². The maximum absolute atomic E-state index is 11.5. The molecule has 0 aromatic heterocycles. The Bertz CT molecular complexity index is 449. The van der Waals surface area contributed by atoms with Crippen LogP contribution in [0.2, 0.25) is 0 Å². The summed E-state index contributed by atoms with van der Waals surface area (Å²) in [7, 11) is 0. The molecule has 2 rings (SSSR count). The summed E-state index contributed by atoms with van der Waals surface area (Å²) in [5.41, 5.74) is 2.16. The number of carbonyl (C=O) groups is 1. The predicted molar refractivity (Wildman–Crippen MR) is 65.2 cm³/mol. The Labute approximate surface area is 101 Å². The van der Waals surface area contributed by atoms with Crippen molar-refractivity contribution in [3.63, 3.8) is 0 Å². The normalized spacial score (nSPS) is 17.8. The van der Waals surface area contributed by atoms with E-state index in [0.29, 0.717) is 6.61 Å². The summed E-state index contributed by atoms with van der Waals surface area (Å²) in [6.07, 6.45) is 2.02. The summed E-state index contributed by atoms with van der Waals surface area (Å²) >= 11 is 0. The number of allylic oxidation sites excluding steroid dienone is 1. The van der Waals surface area contributed by atoms with Gasteiger partial charge in [0.15, 0.2) is 0 Å². The third kappa shape index (κ3) is 2.67. The van der Waals surface area contributed by atoms with Gasteiger partial charge in [-0.1, -0.05) is 24.3 Å². The van der Waals surface area contributed by atoms with E-state index in [4.69, 9.17) is 9.47 Å². The number of benzene rings is 1. The molecule has 90 valence electrons. The molecule has 1 aliphatic heterocycles. The number of hydrogen-bond donors (Lipinski definition) is 0. The first-order chi connectivity index (χ1) is 8.20. The van der Waals surface area contributed by atoms with Crippen LogP contribution in [0.3, 0.4) is 0 Å². The van der Waals surface area contributed by atoms with E-state index >= 15 is 0 Å². The average Bonchev–Trinajstić information content (AvgIpc) is 2.29. The average molecular weight is 232 g/mol. The SMILES string of the molecule is CCOC(=O)C[C@@H]1OC(C)=Cc2ccccc21. The monoisotopic (exact) mass is 232 g/mol. The van der Waals surface area contributed by atoms with Crippen molar-refractivity contribution in [1.29, 1.82) is 0 Å². The number of rotatable bonds is 3. The van der Waals surface area contributed by atoms with Gasteiger partial charge in [-0.2, -0.15) is 0 Å². The minimum absolute atomic E-state index is 0.220. The molecule has 0 aliphatic carbocycles. The van der Waals surface area contributed by atoms with Crippen LogP contribution in [-0.4, -0.2) is 12.6 Å². The van der Waals surface area contributed by atoms with Crippen molar-refractivity contribution >= 4 is 12.0 Å². The van der Waals surface area contributed by atoms with Gasteiger partial charge in [0.05, 0.1) is 18.8 Å². The fourth-order valence-electron chi connectivity index (χ4n) is 2.00. The lowest BCUT2D eigenvalue weighted by atomic mass is 9.97. The topological polar surface area (TPSA) is 35.5 Å². The summed E-state index contributed by atoms with van der Waals surface area (Å²) in [5.74, 6) is 0.611. The van der Waals surface area contributed by atoms with Gasteiger partial charge in [-0.15, -0.1) is 0 Å². The van der Waals surface area contributed by atoms with Crippen LogP contribution in [0.15, 0.2) is 30.0 Å². The first-order valence-electron chi connectivity index (χ1n) is 5.80. The van der Waals surface area contributed by atoms with Gasteiger partial charge in [0, 0.05) is 5.56 Å². The van der Waals surface area contributed by atoms with E-state index in [9.17, 15) is 4.79 Å². The van der Waals surface area contributed by atoms with Crippen molar-refractivity contribution in [2.45, 2.75) is 26.4 Å². The zero-order valence-corrected chi connectivity index (χ0v) is 10.1. The molecule has 1 aromatic carbocycles. The Hall–Kier alpha value is -1.77. The summed E-state index contributed by atoms with van der Waals surface area (Å²) in [6.45, 7) is 4.11. The lowest BCUT2D eigenvalue weighted by molar-refractivity contribution is -0.145.